The quantitative estimate of drug-likeness (QED) is 0.131. The maximum atomic E-state index is 9.89. The third-order valence-corrected chi connectivity index (χ3v) is 10.9. The molecule has 8 heteroatoms. The normalized spacial score (nSPS) is 16.1. The van der Waals surface area contributed by atoms with E-state index in [1.165, 1.54) is 44.8 Å². The van der Waals surface area contributed by atoms with Crippen molar-refractivity contribution in [3.05, 3.63) is 262 Å². The van der Waals surface area contributed by atoms with E-state index in [4.69, 9.17) is 19.5 Å². The van der Waals surface area contributed by atoms with Gasteiger partial charge in [-0.2, -0.15) is 0 Å². The van der Waals surface area contributed by atoms with Crippen LogP contribution in [0.5, 0.6) is 0 Å². The molecule has 4 aromatic rings. The van der Waals surface area contributed by atoms with Gasteiger partial charge >= 0.3 is 0 Å². The number of ether oxygens (including phenoxy) is 2. The zero-order valence-corrected chi connectivity index (χ0v) is 38.5. The van der Waals surface area contributed by atoms with Gasteiger partial charge in [0.05, 0.1) is 0 Å². The summed E-state index contributed by atoms with van der Waals surface area (Å²) in [6, 6.07) is 41.5. The van der Waals surface area contributed by atoms with Gasteiger partial charge in [0.1, 0.15) is 58.6 Å². The number of hydrogen-bond acceptors (Lipinski definition) is 4. The maximum absolute atomic E-state index is 9.89. The van der Waals surface area contributed by atoms with Crippen molar-refractivity contribution in [1.82, 2.24) is 0 Å². The Labute approximate surface area is 390 Å². The molecule has 66 heavy (non-hydrogen) atoms. The van der Waals surface area contributed by atoms with Gasteiger partial charge in [-0.25, -0.2) is 9.15 Å². The highest BCUT2D eigenvalue weighted by molar-refractivity contribution is 6.27. The van der Waals surface area contributed by atoms with Crippen molar-refractivity contribution in [3.63, 3.8) is 0 Å². The van der Waals surface area contributed by atoms with Crippen LogP contribution in [0.2, 0.25) is 0 Å². The van der Waals surface area contributed by atoms with Crippen molar-refractivity contribution in [1.29, 1.82) is 0 Å². The summed E-state index contributed by atoms with van der Waals surface area (Å²) in [4.78, 5) is 0. The summed E-state index contributed by atoms with van der Waals surface area (Å²) in [5.74, 6) is 3.45. The molecule has 0 radical (unpaired) electrons. The molecular formula is C58H56BFN2O4. The number of hydrogen-bond donors (Lipinski definition) is 0. The Morgan fingerprint density at radius 1 is 0.470 bits per heavy atom. The second-order valence-corrected chi connectivity index (χ2v) is 15.9. The van der Waals surface area contributed by atoms with Crippen LogP contribution in [-0.4, -0.2) is 56.2 Å². The summed E-state index contributed by atoms with van der Waals surface area (Å²) in [6.45, 7) is 4.37. The standard InChI is InChI=1S/2C29H28NO.BFO2/c2*1-4-22(24-15-17-27(18-16-24)30(2)3)19-28-20-26(23-11-7-5-8-12-23)21-29(31-28)25-13-9-6-10-14-25;2-1(3)4/h2*5-21H,4H2,1-3H3;/q2*+1;-2. The smallest absolute Gasteiger partial charge is 0.199 e. The van der Waals surface area contributed by atoms with E-state index in [0.29, 0.717) is 0 Å². The lowest BCUT2D eigenvalue weighted by atomic mass is 9.97. The van der Waals surface area contributed by atoms with Crippen molar-refractivity contribution < 1.29 is 33.0 Å². The molecule has 0 amide bonds. The largest absolute Gasteiger partial charge is 0.867 e. The fourth-order valence-corrected chi connectivity index (χ4v) is 7.34. The Bertz CT molecular complexity index is 2560. The Balaban J connectivity index is 0.000000202. The van der Waals surface area contributed by atoms with Crippen LogP contribution in [-0.2, 0) is 9.47 Å². The Kier molecular flexibility index (Phi) is 17.5. The molecular weight excluding hydrogens is 818 g/mol. The molecule has 0 N–H and O–H groups in total. The van der Waals surface area contributed by atoms with Crippen LogP contribution < -0.4 is 10.0 Å². The average molecular weight is 875 g/mol. The molecule has 0 aromatic heterocycles. The van der Waals surface area contributed by atoms with E-state index >= 15 is 0 Å². The van der Waals surface area contributed by atoms with Crippen molar-refractivity contribution in [3.8, 4) is 0 Å². The number of allylic oxidation sites excluding steroid dienone is 20. The molecule has 4 aromatic carbocycles. The molecule has 2 heterocycles. The highest BCUT2D eigenvalue weighted by atomic mass is 19.1. The van der Waals surface area contributed by atoms with Crippen LogP contribution >= 0.6 is 0 Å². The van der Waals surface area contributed by atoms with Gasteiger partial charge in [-0.05, 0) is 118 Å². The topological polar surface area (TPSA) is 70.6 Å². The zero-order valence-electron chi connectivity index (χ0n) is 38.5. The van der Waals surface area contributed by atoms with Crippen LogP contribution in [0.3, 0.4) is 0 Å². The average Bonchev–Trinajstić information content (AvgIpc) is 3.36. The minimum Gasteiger partial charge on any atom is -0.867 e. The van der Waals surface area contributed by atoms with Crippen LogP contribution in [0, 0.1) is 0 Å². The zero-order chi connectivity index (χ0) is 46.8. The van der Waals surface area contributed by atoms with E-state index < -0.39 is 7.40 Å². The van der Waals surface area contributed by atoms with Gasteiger partial charge in [-0.1, -0.05) is 135 Å². The minimum atomic E-state index is -3.17. The van der Waals surface area contributed by atoms with E-state index in [1.54, 1.807) is 0 Å². The number of nitrogens with zero attached hydrogens (tertiary/aromatic N) is 2. The molecule has 0 saturated heterocycles. The summed E-state index contributed by atoms with van der Waals surface area (Å²) < 4.78 is 26.8. The predicted molar refractivity (Wildman–Crippen MR) is 268 cm³/mol. The molecule has 2 aliphatic carbocycles. The van der Waals surface area contributed by atoms with Gasteiger partial charge in [-0.3, -0.25) is 0 Å². The SMILES string of the molecule is CCC(C=C1C=C(c2ccccc2)C=C(c2ccccc2)O1)=C1C=CC(=[N+](C)C)C=C1.CCC(C=C1C=C(c2ccccc2)C=C(c2ccccc2)O1)=C1C=CC(=[N+](C)C)C=C1.[O-]B([O-])F. The number of rotatable bonds is 8. The predicted octanol–water partition coefficient (Wildman–Crippen LogP) is 10.8. The van der Waals surface area contributed by atoms with E-state index in [0.717, 1.165) is 58.2 Å². The molecule has 0 saturated carbocycles. The molecule has 0 atom stereocenters. The number of benzene rings is 4. The third kappa shape index (κ3) is 13.8. The second-order valence-electron chi connectivity index (χ2n) is 15.9. The van der Waals surface area contributed by atoms with Gasteiger partial charge in [-0.15, -0.1) is 0 Å². The summed E-state index contributed by atoms with van der Waals surface area (Å²) >= 11 is 0. The lowest BCUT2D eigenvalue weighted by Gasteiger charge is -2.19. The summed E-state index contributed by atoms with van der Waals surface area (Å²) in [7, 11) is 5.07. The molecule has 0 spiro atoms. The first-order valence-electron chi connectivity index (χ1n) is 22.1. The first-order chi connectivity index (χ1) is 32.0. The van der Waals surface area contributed by atoms with Crippen LogP contribution in [0.15, 0.2) is 240 Å². The molecule has 4 aliphatic rings. The highest BCUT2D eigenvalue weighted by Gasteiger charge is 2.17. The van der Waals surface area contributed by atoms with Gasteiger partial charge in [0.2, 0.25) is 0 Å². The van der Waals surface area contributed by atoms with Gasteiger partial charge < -0.3 is 23.8 Å². The first-order valence-corrected chi connectivity index (χ1v) is 22.1. The Hall–Kier alpha value is -7.39. The Morgan fingerprint density at radius 2 is 0.758 bits per heavy atom. The minimum absolute atomic E-state index is 0.855. The summed E-state index contributed by atoms with van der Waals surface area (Å²) in [6.07, 6.45) is 32.1. The lowest BCUT2D eigenvalue weighted by Crippen LogP contribution is -2.39. The van der Waals surface area contributed by atoms with Crippen molar-refractivity contribution in [2.45, 2.75) is 26.7 Å². The van der Waals surface area contributed by atoms with Crippen molar-refractivity contribution in [2.75, 3.05) is 28.2 Å². The summed E-state index contributed by atoms with van der Waals surface area (Å²) in [5.41, 5.74) is 14.1. The molecule has 332 valence electrons. The van der Waals surface area contributed by atoms with Crippen LogP contribution in [0.25, 0.3) is 22.7 Å². The van der Waals surface area contributed by atoms with Crippen molar-refractivity contribution in [2.24, 2.45) is 0 Å². The van der Waals surface area contributed by atoms with Crippen LogP contribution in [0.4, 0.5) is 4.32 Å². The molecule has 6 nitrogen and oxygen atoms in total. The maximum Gasteiger partial charge on any atom is 0.199 e. The van der Waals surface area contributed by atoms with E-state index in [9.17, 15) is 4.32 Å². The fraction of sp³-hybridized carbons (Fsp3) is 0.138. The Morgan fingerprint density at radius 3 is 1.03 bits per heavy atom. The van der Waals surface area contributed by atoms with E-state index in [1.807, 2.05) is 48.5 Å². The van der Waals surface area contributed by atoms with E-state index in [-0.39, 0.29) is 0 Å². The molecule has 0 fully saturated rings. The van der Waals surface area contributed by atoms with Gasteiger partial charge in [0.25, 0.3) is 0 Å². The lowest BCUT2D eigenvalue weighted by molar-refractivity contribution is -0.462. The summed E-state index contributed by atoms with van der Waals surface area (Å²) in [5, 5.41) is 16.6. The molecule has 0 bridgehead atoms. The van der Waals surface area contributed by atoms with Gasteiger partial charge in [0, 0.05) is 35.4 Å². The molecule has 8 rings (SSSR count). The monoisotopic (exact) mass is 874 g/mol. The van der Waals surface area contributed by atoms with E-state index in [2.05, 4.69) is 209 Å². The van der Waals surface area contributed by atoms with Gasteiger partial charge in [0.15, 0.2) is 11.4 Å². The third-order valence-electron chi connectivity index (χ3n) is 10.9. The molecule has 2 aliphatic heterocycles. The highest BCUT2D eigenvalue weighted by Crippen LogP contribution is 2.35. The first kappa shape index (κ1) is 48.1. The molecule has 0 unspecified atom stereocenters. The van der Waals surface area contributed by atoms with Crippen LogP contribution in [0.1, 0.15) is 48.9 Å². The number of halogens is 1. The second kappa shape index (κ2) is 24.1. The van der Waals surface area contributed by atoms with Crippen molar-refractivity contribution >= 4 is 41.5 Å². The fourth-order valence-electron chi connectivity index (χ4n) is 7.34.